The molecule has 0 aliphatic rings. The minimum atomic E-state index is -0.919. The molecule has 0 aliphatic carbocycles. The molecule has 1 unspecified atom stereocenters. The quantitative estimate of drug-likeness (QED) is 0.718. The number of ether oxygens (including phenoxy) is 1. The Morgan fingerprint density at radius 1 is 1.27 bits per heavy atom. The number of nitrogens with one attached hydrogen (secondary N) is 1. The van der Waals surface area contributed by atoms with E-state index < -0.39 is 29.6 Å². The second-order valence-corrected chi connectivity index (χ2v) is 6.07. The molecule has 2 atom stereocenters. The molecule has 0 aliphatic heterocycles. The Hall–Kier alpha value is -2.08. The van der Waals surface area contributed by atoms with Crippen molar-refractivity contribution in [2.24, 2.45) is 5.73 Å². The molecular formula is C16H24N2O4. The number of aromatic hydroxyl groups is 1. The van der Waals surface area contributed by atoms with Gasteiger partial charge in [-0.05, 0) is 44.9 Å². The third kappa shape index (κ3) is 5.37. The lowest BCUT2D eigenvalue weighted by Crippen LogP contribution is -2.46. The van der Waals surface area contributed by atoms with Crippen LogP contribution in [0.2, 0.25) is 0 Å². The van der Waals surface area contributed by atoms with Crippen LogP contribution in [-0.2, 0) is 14.3 Å². The monoisotopic (exact) mass is 308 g/mol. The first-order valence-corrected chi connectivity index (χ1v) is 7.21. The predicted molar refractivity (Wildman–Crippen MR) is 83.1 cm³/mol. The fourth-order valence-electron chi connectivity index (χ4n) is 1.80. The van der Waals surface area contributed by atoms with E-state index in [2.05, 4.69) is 5.32 Å². The van der Waals surface area contributed by atoms with Gasteiger partial charge in [0.15, 0.2) is 0 Å². The van der Waals surface area contributed by atoms with Crippen LogP contribution in [0.5, 0.6) is 5.75 Å². The Morgan fingerprint density at radius 3 is 2.27 bits per heavy atom. The van der Waals surface area contributed by atoms with Gasteiger partial charge >= 0.3 is 5.97 Å². The summed E-state index contributed by atoms with van der Waals surface area (Å²) < 4.78 is 5.27. The second-order valence-electron chi connectivity index (χ2n) is 6.07. The van der Waals surface area contributed by atoms with Crippen molar-refractivity contribution in [1.29, 1.82) is 0 Å². The van der Waals surface area contributed by atoms with Gasteiger partial charge in [-0.25, -0.2) is 4.79 Å². The molecule has 6 nitrogen and oxygen atoms in total. The minimum Gasteiger partial charge on any atom is -0.508 e. The van der Waals surface area contributed by atoms with Gasteiger partial charge in [0, 0.05) is 0 Å². The highest BCUT2D eigenvalue weighted by Gasteiger charge is 2.27. The zero-order chi connectivity index (χ0) is 16.9. The molecule has 6 heteroatoms. The summed E-state index contributed by atoms with van der Waals surface area (Å²) in [4.78, 5) is 24.2. The maximum absolute atomic E-state index is 12.2. The van der Waals surface area contributed by atoms with Crippen LogP contribution in [0, 0.1) is 0 Å². The first-order chi connectivity index (χ1) is 10.1. The van der Waals surface area contributed by atoms with Gasteiger partial charge in [0.05, 0.1) is 0 Å². The molecule has 22 heavy (non-hydrogen) atoms. The van der Waals surface area contributed by atoms with Gasteiger partial charge in [-0.3, -0.25) is 4.79 Å². The van der Waals surface area contributed by atoms with Crippen molar-refractivity contribution in [2.45, 2.75) is 51.8 Å². The summed E-state index contributed by atoms with van der Waals surface area (Å²) in [5.41, 5.74) is 5.81. The average molecular weight is 308 g/mol. The lowest BCUT2D eigenvalue weighted by molar-refractivity contribution is -0.158. The number of benzene rings is 1. The maximum atomic E-state index is 12.2. The molecule has 0 spiro atoms. The number of amides is 1. The summed E-state index contributed by atoms with van der Waals surface area (Å²) in [5.74, 6) is -0.860. The van der Waals surface area contributed by atoms with Gasteiger partial charge in [0.1, 0.15) is 23.4 Å². The number of hydrogen-bond acceptors (Lipinski definition) is 5. The fraction of sp³-hybridized carbons (Fsp3) is 0.500. The standard InChI is InChI=1S/C16H24N2O4/c1-5-12(15(21)22-16(2,3)4)18-14(20)13(17)10-6-8-11(19)9-7-10/h6-9,12-13,19H,5,17H2,1-4H3,(H,18,20)/t12-,13?/m0/s1. The second kappa shape index (κ2) is 7.26. The number of hydrogen-bond donors (Lipinski definition) is 3. The normalized spacial score (nSPS) is 14.0. The Bertz CT molecular complexity index is 520. The maximum Gasteiger partial charge on any atom is 0.329 e. The first-order valence-electron chi connectivity index (χ1n) is 7.21. The largest absolute Gasteiger partial charge is 0.508 e. The number of carbonyl (C=O) groups excluding carboxylic acids is 2. The zero-order valence-corrected chi connectivity index (χ0v) is 13.4. The highest BCUT2D eigenvalue weighted by molar-refractivity contribution is 5.88. The summed E-state index contributed by atoms with van der Waals surface area (Å²) in [6, 6.07) is 4.37. The van der Waals surface area contributed by atoms with Gasteiger partial charge < -0.3 is 20.9 Å². The lowest BCUT2D eigenvalue weighted by Gasteiger charge is -2.24. The van der Waals surface area contributed by atoms with Crippen LogP contribution in [-0.4, -0.2) is 28.6 Å². The van der Waals surface area contributed by atoms with Crippen LogP contribution in [0.4, 0.5) is 0 Å². The van der Waals surface area contributed by atoms with E-state index in [-0.39, 0.29) is 5.75 Å². The molecule has 0 saturated heterocycles. The van der Waals surface area contributed by atoms with E-state index in [1.165, 1.54) is 12.1 Å². The van der Waals surface area contributed by atoms with Gasteiger partial charge in [0.25, 0.3) is 0 Å². The molecule has 1 aromatic rings. The molecule has 4 N–H and O–H groups in total. The molecule has 1 amide bonds. The van der Waals surface area contributed by atoms with Crippen molar-refractivity contribution < 1.29 is 19.4 Å². The third-order valence-corrected chi connectivity index (χ3v) is 2.95. The van der Waals surface area contributed by atoms with Crippen LogP contribution >= 0.6 is 0 Å². The Morgan fingerprint density at radius 2 is 1.82 bits per heavy atom. The smallest absolute Gasteiger partial charge is 0.329 e. The number of phenols is 1. The number of carbonyl (C=O) groups is 2. The molecule has 0 saturated carbocycles. The van der Waals surface area contributed by atoms with E-state index in [0.29, 0.717) is 12.0 Å². The molecule has 0 heterocycles. The number of phenolic OH excluding ortho intramolecular Hbond substituents is 1. The van der Waals surface area contributed by atoms with Crippen LogP contribution in [0.25, 0.3) is 0 Å². The average Bonchev–Trinajstić information content (AvgIpc) is 2.42. The summed E-state index contributed by atoms with van der Waals surface area (Å²) in [6.07, 6.45) is 0.406. The first kappa shape index (κ1) is 18.0. The van der Waals surface area contributed by atoms with Gasteiger partial charge in [-0.1, -0.05) is 19.1 Å². The third-order valence-electron chi connectivity index (χ3n) is 2.95. The van der Waals surface area contributed by atoms with Crippen molar-refractivity contribution in [1.82, 2.24) is 5.32 Å². The van der Waals surface area contributed by atoms with Crippen molar-refractivity contribution in [3.8, 4) is 5.75 Å². The van der Waals surface area contributed by atoms with Crippen molar-refractivity contribution in [3.63, 3.8) is 0 Å². The van der Waals surface area contributed by atoms with Gasteiger partial charge in [0.2, 0.25) is 5.91 Å². The highest BCUT2D eigenvalue weighted by atomic mass is 16.6. The van der Waals surface area contributed by atoms with E-state index in [1.54, 1.807) is 39.8 Å². The van der Waals surface area contributed by atoms with E-state index in [1.807, 2.05) is 0 Å². The van der Waals surface area contributed by atoms with Crippen molar-refractivity contribution in [3.05, 3.63) is 29.8 Å². The van der Waals surface area contributed by atoms with Crippen LogP contribution in [0.15, 0.2) is 24.3 Å². The summed E-state index contributed by atoms with van der Waals surface area (Å²) >= 11 is 0. The molecular weight excluding hydrogens is 284 g/mol. The van der Waals surface area contributed by atoms with Crippen molar-refractivity contribution in [2.75, 3.05) is 0 Å². The van der Waals surface area contributed by atoms with E-state index in [9.17, 15) is 14.7 Å². The lowest BCUT2D eigenvalue weighted by atomic mass is 10.1. The number of esters is 1. The van der Waals surface area contributed by atoms with E-state index in [4.69, 9.17) is 10.5 Å². The summed E-state index contributed by atoms with van der Waals surface area (Å²) in [6.45, 7) is 7.08. The van der Waals surface area contributed by atoms with E-state index >= 15 is 0 Å². The Kier molecular flexibility index (Phi) is 5.93. The van der Waals surface area contributed by atoms with Crippen molar-refractivity contribution >= 4 is 11.9 Å². The highest BCUT2D eigenvalue weighted by Crippen LogP contribution is 2.16. The Balaban J connectivity index is 2.72. The van der Waals surface area contributed by atoms with Crippen LogP contribution in [0.1, 0.15) is 45.7 Å². The SMILES string of the molecule is CC[C@H](NC(=O)C(N)c1ccc(O)cc1)C(=O)OC(C)(C)C. The molecule has 0 radical (unpaired) electrons. The number of nitrogens with two attached hydrogens (primary N) is 1. The molecule has 0 fully saturated rings. The summed E-state index contributed by atoms with van der Waals surface area (Å²) in [7, 11) is 0. The molecule has 1 aromatic carbocycles. The topological polar surface area (TPSA) is 102 Å². The molecule has 122 valence electrons. The van der Waals surface area contributed by atoms with Crippen LogP contribution < -0.4 is 11.1 Å². The Labute approximate surface area is 130 Å². The number of rotatable bonds is 5. The van der Waals surface area contributed by atoms with E-state index in [0.717, 1.165) is 0 Å². The van der Waals surface area contributed by atoms with Gasteiger partial charge in [-0.2, -0.15) is 0 Å². The zero-order valence-electron chi connectivity index (χ0n) is 13.4. The summed E-state index contributed by atoms with van der Waals surface area (Å²) in [5, 5.41) is 11.8. The van der Waals surface area contributed by atoms with Crippen LogP contribution in [0.3, 0.4) is 0 Å². The molecule has 0 bridgehead atoms. The minimum absolute atomic E-state index is 0.0940. The molecule has 0 aromatic heterocycles. The molecule has 1 rings (SSSR count). The predicted octanol–water partition coefficient (Wildman–Crippen LogP) is 1.63. The van der Waals surface area contributed by atoms with Gasteiger partial charge in [-0.15, -0.1) is 0 Å². The fourth-order valence-corrected chi connectivity index (χ4v) is 1.80.